The molecule has 120 valence electrons. The molecule has 1 heterocycles. The van der Waals surface area contributed by atoms with Crippen LogP contribution in [0.3, 0.4) is 0 Å². The molecule has 1 aromatic rings. The van der Waals surface area contributed by atoms with E-state index in [9.17, 15) is 0 Å². The molecule has 1 fully saturated rings. The fourth-order valence-electron chi connectivity index (χ4n) is 3.03. The van der Waals surface area contributed by atoms with E-state index in [1.807, 2.05) is 0 Å². The summed E-state index contributed by atoms with van der Waals surface area (Å²) >= 11 is 1.78. The van der Waals surface area contributed by atoms with Gasteiger partial charge in [-0.1, -0.05) is 19.8 Å². The van der Waals surface area contributed by atoms with Crippen molar-refractivity contribution in [3.8, 4) is 0 Å². The summed E-state index contributed by atoms with van der Waals surface area (Å²) < 4.78 is 0. The molecule has 0 aromatic carbocycles. The van der Waals surface area contributed by atoms with Crippen molar-refractivity contribution in [3.63, 3.8) is 0 Å². The third kappa shape index (κ3) is 5.68. The van der Waals surface area contributed by atoms with E-state index in [1.165, 1.54) is 36.4 Å². The summed E-state index contributed by atoms with van der Waals surface area (Å²) in [5, 5.41) is 6.93. The number of nitrogens with zero attached hydrogens (tertiary/aromatic N) is 2. The average molecular weight is 310 g/mol. The summed E-state index contributed by atoms with van der Waals surface area (Å²) in [4.78, 5) is 7.29. The first kappa shape index (κ1) is 16.9. The molecule has 1 N–H and O–H groups in total. The lowest BCUT2D eigenvalue weighted by molar-refractivity contribution is 0.156. The van der Waals surface area contributed by atoms with Crippen LogP contribution in [0.5, 0.6) is 0 Å². The highest BCUT2D eigenvalue weighted by molar-refractivity contribution is 7.09. The molecule has 0 bridgehead atoms. The molecule has 1 aliphatic carbocycles. The summed E-state index contributed by atoms with van der Waals surface area (Å²) in [5.74, 6) is 0.883. The average Bonchev–Trinajstić information content (AvgIpc) is 2.83. The third-order valence-corrected chi connectivity index (χ3v) is 5.21. The van der Waals surface area contributed by atoms with Crippen LogP contribution in [0.1, 0.15) is 64.1 Å². The van der Waals surface area contributed by atoms with E-state index >= 15 is 0 Å². The summed E-state index contributed by atoms with van der Waals surface area (Å²) in [6.45, 7) is 10.8. The Balaban J connectivity index is 1.84. The standard InChI is InChI=1S/C17H31N3S/c1-13-7-6-8-15(9-13)20(5)11-14-12-21-16(19-14)10-18-17(2,3)4/h12-13,15,18H,6-11H2,1-5H3. The molecule has 2 atom stereocenters. The van der Waals surface area contributed by atoms with Crippen LogP contribution in [0.15, 0.2) is 5.38 Å². The van der Waals surface area contributed by atoms with Gasteiger partial charge in [0.2, 0.25) is 0 Å². The number of thiazole rings is 1. The molecule has 2 unspecified atom stereocenters. The van der Waals surface area contributed by atoms with Gasteiger partial charge in [-0.2, -0.15) is 0 Å². The Hall–Kier alpha value is -0.450. The van der Waals surface area contributed by atoms with Crippen LogP contribution in [0, 0.1) is 5.92 Å². The van der Waals surface area contributed by atoms with Gasteiger partial charge in [0.1, 0.15) is 5.01 Å². The van der Waals surface area contributed by atoms with E-state index in [0.717, 1.165) is 25.0 Å². The molecular formula is C17H31N3S. The maximum Gasteiger partial charge on any atom is 0.107 e. The lowest BCUT2D eigenvalue weighted by Crippen LogP contribution is -2.35. The van der Waals surface area contributed by atoms with Crippen LogP contribution >= 0.6 is 11.3 Å². The van der Waals surface area contributed by atoms with E-state index in [4.69, 9.17) is 4.98 Å². The highest BCUT2D eigenvalue weighted by Gasteiger charge is 2.22. The second-order valence-electron chi connectivity index (χ2n) is 7.68. The van der Waals surface area contributed by atoms with Gasteiger partial charge < -0.3 is 5.32 Å². The Morgan fingerprint density at radius 1 is 1.38 bits per heavy atom. The van der Waals surface area contributed by atoms with Crippen LogP contribution in [-0.4, -0.2) is 28.5 Å². The van der Waals surface area contributed by atoms with Gasteiger partial charge in [-0.05, 0) is 46.6 Å². The summed E-state index contributed by atoms with van der Waals surface area (Å²) in [6.07, 6.45) is 5.49. The second-order valence-corrected chi connectivity index (χ2v) is 8.62. The molecule has 0 saturated heterocycles. The van der Waals surface area contributed by atoms with Crippen LogP contribution in [0.25, 0.3) is 0 Å². The molecular weight excluding hydrogens is 278 g/mol. The normalized spacial score (nSPS) is 23.7. The van der Waals surface area contributed by atoms with Crippen molar-refractivity contribution in [2.24, 2.45) is 5.92 Å². The smallest absolute Gasteiger partial charge is 0.107 e. The minimum absolute atomic E-state index is 0.154. The van der Waals surface area contributed by atoms with Crippen molar-refractivity contribution in [1.82, 2.24) is 15.2 Å². The van der Waals surface area contributed by atoms with Crippen molar-refractivity contribution in [1.29, 1.82) is 0 Å². The van der Waals surface area contributed by atoms with Gasteiger partial charge in [-0.3, -0.25) is 4.90 Å². The summed E-state index contributed by atoms with van der Waals surface area (Å²) in [5.41, 5.74) is 1.38. The van der Waals surface area contributed by atoms with E-state index in [1.54, 1.807) is 11.3 Å². The van der Waals surface area contributed by atoms with E-state index in [2.05, 4.69) is 50.3 Å². The molecule has 21 heavy (non-hydrogen) atoms. The highest BCUT2D eigenvalue weighted by Crippen LogP contribution is 2.27. The van der Waals surface area contributed by atoms with Crippen LogP contribution < -0.4 is 5.32 Å². The molecule has 0 spiro atoms. The van der Waals surface area contributed by atoms with Gasteiger partial charge in [-0.15, -0.1) is 11.3 Å². The van der Waals surface area contributed by atoms with Crippen LogP contribution in [0.2, 0.25) is 0 Å². The molecule has 0 aliphatic heterocycles. The molecule has 1 saturated carbocycles. The van der Waals surface area contributed by atoms with Crippen molar-refractivity contribution in [2.45, 2.75) is 78.0 Å². The zero-order chi connectivity index (χ0) is 15.5. The number of rotatable bonds is 5. The summed E-state index contributed by atoms with van der Waals surface area (Å²) in [6, 6.07) is 0.742. The second kappa shape index (κ2) is 7.21. The SMILES string of the molecule is CC1CCCC(N(C)Cc2csc(CNC(C)(C)C)n2)C1. The maximum atomic E-state index is 4.78. The molecule has 3 nitrogen and oxygen atoms in total. The first-order valence-electron chi connectivity index (χ1n) is 8.22. The van der Waals surface area contributed by atoms with E-state index in [-0.39, 0.29) is 5.54 Å². The Labute approximate surface area is 134 Å². The maximum absolute atomic E-state index is 4.78. The largest absolute Gasteiger partial charge is 0.306 e. The zero-order valence-corrected chi connectivity index (χ0v) is 15.1. The monoisotopic (exact) mass is 309 g/mol. The van der Waals surface area contributed by atoms with Gasteiger partial charge >= 0.3 is 0 Å². The third-order valence-electron chi connectivity index (χ3n) is 4.31. The molecule has 0 amide bonds. The Morgan fingerprint density at radius 2 is 2.14 bits per heavy atom. The van der Waals surface area contributed by atoms with Gasteiger partial charge in [-0.25, -0.2) is 4.98 Å². The van der Waals surface area contributed by atoms with Gasteiger partial charge in [0.25, 0.3) is 0 Å². The quantitative estimate of drug-likeness (QED) is 0.889. The summed E-state index contributed by atoms with van der Waals surface area (Å²) in [7, 11) is 2.26. The first-order chi connectivity index (χ1) is 9.83. The number of aromatic nitrogens is 1. The first-order valence-corrected chi connectivity index (χ1v) is 9.10. The minimum atomic E-state index is 0.154. The van der Waals surface area contributed by atoms with Crippen molar-refractivity contribution >= 4 is 11.3 Å². The lowest BCUT2D eigenvalue weighted by atomic mass is 9.86. The number of hydrogen-bond acceptors (Lipinski definition) is 4. The number of hydrogen-bond donors (Lipinski definition) is 1. The topological polar surface area (TPSA) is 28.2 Å². The Morgan fingerprint density at radius 3 is 2.81 bits per heavy atom. The van der Waals surface area contributed by atoms with Crippen molar-refractivity contribution in [2.75, 3.05) is 7.05 Å². The van der Waals surface area contributed by atoms with Gasteiger partial charge in [0, 0.05) is 30.1 Å². The van der Waals surface area contributed by atoms with Crippen LogP contribution in [-0.2, 0) is 13.1 Å². The van der Waals surface area contributed by atoms with Crippen LogP contribution in [0.4, 0.5) is 0 Å². The fraction of sp³-hybridized carbons (Fsp3) is 0.824. The van der Waals surface area contributed by atoms with E-state index < -0.39 is 0 Å². The molecule has 0 radical (unpaired) electrons. The van der Waals surface area contributed by atoms with Crippen molar-refractivity contribution in [3.05, 3.63) is 16.1 Å². The molecule has 4 heteroatoms. The Kier molecular flexibility index (Phi) is 5.81. The zero-order valence-electron chi connectivity index (χ0n) is 14.3. The highest BCUT2D eigenvalue weighted by atomic mass is 32.1. The van der Waals surface area contributed by atoms with E-state index in [0.29, 0.717) is 0 Å². The lowest BCUT2D eigenvalue weighted by Gasteiger charge is -2.33. The predicted molar refractivity (Wildman–Crippen MR) is 91.6 cm³/mol. The molecule has 2 rings (SSSR count). The number of nitrogens with one attached hydrogen (secondary N) is 1. The van der Waals surface area contributed by atoms with Gasteiger partial charge in [0.15, 0.2) is 0 Å². The van der Waals surface area contributed by atoms with Gasteiger partial charge in [0.05, 0.1) is 5.69 Å². The predicted octanol–water partition coefficient (Wildman–Crippen LogP) is 4.04. The molecule has 1 aromatic heterocycles. The minimum Gasteiger partial charge on any atom is -0.306 e. The molecule has 1 aliphatic rings. The fourth-order valence-corrected chi connectivity index (χ4v) is 3.76. The van der Waals surface area contributed by atoms with Crippen molar-refractivity contribution < 1.29 is 0 Å². The Bertz CT molecular complexity index is 435.